The van der Waals surface area contributed by atoms with Gasteiger partial charge in [0.2, 0.25) is 0 Å². The molecule has 6 heteroatoms. The second kappa shape index (κ2) is 15.7. The SMILES string of the molecule is CCCCCOc1ccc(C(=O)N(CCCC)C(Cc2ccccc2CN2CCCCC2)c2nc3ccccc3[nH]2)cc1. The first kappa shape index (κ1) is 30.8. The predicted molar refractivity (Wildman–Crippen MR) is 176 cm³/mol. The fourth-order valence-corrected chi connectivity index (χ4v) is 6.09. The van der Waals surface area contributed by atoms with Crippen LogP contribution in [0.4, 0.5) is 0 Å². The van der Waals surface area contributed by atoms with Crippen LogP contribution in [0.1, 0.15) is 98.6 Å². The normalized spacial score (nSPS) is 14.6. The molecule has 3 aromatic carbocycles. The molecule has 228 valence electrons. The maximum atomic E-state index is 14.3. The Morgan fingerprint density at radius 2 is 1.60 bits per heavy atom. The number of H-pyrrole nitrogens is 1. The number of benzene rings is 3. The number of hydrogen-bond acceptors (Lipinski definition) is 4. The molecular formula is C37H48N4O2. The van der Waals surface area contributed by atoms with Crippen LogP contribution in [0.15, 0.2) is 72.8 Å². The molecule has 1 fully saturated rings. The number of nitrogens with one attached hydrogen (secondary N) is 1. The number of aromatic amines is 1. The van der Waals surface area contributed by atoms with Crippen molar-refractivity contribution in [3.8, 4) is 5.75 Å². The van der Waals surface area contributed by atoms with Gasteiger partial charge in [-0.05, 0) is 86.3 Å². The Balaban J connectivity index is 1.46. The van der Waals surface area contributed by atoms with Crippen molar-refractivity contribution in [3.05, 3.63) is 95.3 Å². The van der Waals surface area contributed by atoms with Crippen LogP contribution < -0.4 is 4.74 Å². The van der Waals surface area contributed by atoms with E-state index in [9.17, 15) is 4.79 Å². The number of carbonyl (C=O) groups excluding carboxylic acids is 1. The number of amides is 1. The molecule has 1 unspecified atom stereocenters. The van der Waals surface area contributed by atoms with Crippen LogP contribution in [0, 0.1) is 0 Å². The molecule has 1 aliphatic heterocycles. The topological polar surface area (TPSA) is 61.5 Å². The highest BCUT2D eigenvalue weighted by Crippen LogP contribution is 2.30. The van der Waals surface area contributed by atoms with E-state index in [-0.39, 0.29) is 11.9 Å². The van der Waals surface area contributed by atoms with E-state index in [4.69, 9.17) is 9.72 Å². The van der Waals surface area contributed by atoms with Crippen LogP contribution in [0.2, 0.25) is 0 Å². The fourth-order valence-electron chi connectivity index (χ4n) is 6.09. The molecule has 6 nitrogen and oxygen atoms in total. The first-order valence-electron chi connectivity index (χ1n) is 16.4. The van der Waals surface area contributed by atoms with Crippen molar-refractivity contribution in [2.75, 3.05) is 26.2 Å². The number of unbranched alkanes of at least 4 members (excludes halogenated alkanes) is 3. The predicted octanol–water partition coefficient (Wildman–Crippen LogP) is 8.34. The number of hydrogen-bond donors (Lipinski definition) is 1. The summed E-state index contributed by atoms with van der Waals surface area (Å²) in [6, 6.07) is 24.4. The molecule has 1 aliphatic rings. The van der Waals surface area contributed by atoms with E-state index in [2.05, 4.69) is 59.0 Å². The average Bonchev–Trinajstić information content (AvgIpc) is 3.48. The lowest BCUT2D eigenvalue weighted by Crippen LogP contribution is -2.38. The largest absolute Gasteiger partial charge is 0.494 e. The van der Waals surface area contributed by atoms with Crippen LogP contribution in [-0.4, -0.2) is 51.9 Å². The highest BCUT2D eigenvalue weighted by atomic mass is 16.5. The van der Waals surface area contributed by atoms with Crippen molar-refractivity contribution in [2.45, 2.75) is 84.2 Å². The summed E-state index contributed by atoms with van der Waals surface area (Å²) in [5.74, 6) is 1.69. The number of aromatic nitrogens is 2. The van der Waals surface area contributed by atoms with E-state index in [1.807, 2.05) is 42.5 Å². The van der Waals surface area contributed by atoms with Gasteiger partial charge in [0, 0.05) is 25.1 Å². The van der Waals surface area contributed by atoms with E-state index < -0.39 is 0 Å². The minimum absolute atomic E-state index is 0.0324. The van der Waals surface area contributed by atoms with Gasteiger partial charge in [-0.15, -0.1) is 0 Å². The lowest BCUT2D eigenvalue weighted by atomic mass is 9.97. The summed E-state index contributed by atoms with van der Waals surface area (Å²) in [5, 5.41) is 0. The summed E-state index contributed by atoms with van der Waals surface area (Å²) in [6.07, 6.45) is 9.87. The highest BCUT2D eigenvalue weighted by molar-refractivity contribution is 5.94. The lowest BCUT2D eigenvalue weighted by molar-refractivity contribution is 0.0663. The van der Waals surface area contributed by atoms with E-state index in [0.29, 0.717) is 25.1 Å². The zero-order valence-electron chi connectivity index (χ0n) is 26.1. The van der Waals surface area contributed by atoms with Gasteiger partial charge in [0.15, 0.2) is 0 Å². The molecular weight excluding hydrogens is 532 g/mol. The number of nitrogens with zero attached hydrogens (tertiary/aromatic N) is 3. The van der Waals surface area contributed by atoms with Gasteiger partial charge in [0.25, 0.3) is 5.91 Å². The first-order valence-corrected chi connectivity index (χ1v) is 16.4. The van der Waals surface area contributed by atoms with E-state index in [1.165, 1.54) is 36.8 Å². The highest BCUT2D eigenvalue weighted by Gasteiger charge is 2.29. The number of para-hydroxylation sites is 2. The van der Waals surface area contributed by atoms with E-state index in [0.717, 1.165) is 67.9 Å². The number of fused-ring (bicyclic) bond motifs is 1. The molecule has 1 N–H and O–H groups in total. The number of likely N-dealkylation sites (tertiary alicyclic amines) is 1. The van der Waals surface area contributed by atoms with Crippen molar-refractivity contribution in [2.24, 2.45) is 0 Å². The summed E-state index contributed by atoms with van der Waals surface area (Å²) < 4.78 is 5.93. The minimum Gasteiger partial charge on any atom is -0.494 e. The van der Waals surface area contributed by atoms with Gasteiger partial charge in [0.05, 0.1) is 23.7 Å². The molecule has 43 heavy (non-hydrogen) atoms. The van der Waals surface area contributed by atoms with Crippen molar-refractivity contribution in [1.82, 2.24) is 19.8 Å². The molecule has 1 saturated heterocycles. The van der Waals surface area contributed by atoms with Crippen molar-refractivity contribution in [3.63, 3.8) is 0 Å². The molecule has 1 aromatic heterocycles. The lowest BCUT2D eigenvalue weighted by Gasteiger charge is -2.32. The first-order chi connectivity index (χ1) is 21.2. The van der Waals surface area contributed by atoms with E-state index >= 15 is 0 Å². The van der Waals surface area contributed by atoms with Gasteiger partial charge in [-0.1, -0.05) is 75.9 Å². The Kier molecular flexibility index (Phi) is 11.3. The van der Waals surface area contributed by atoms with Gasteiger partial charge >= 0.3 is 0 Å². The van der Waals surface area contributed by atoms with Crippen LogP contribution in [-0.2, 0) is 13.0 Å². The number of rotatable bonds is 15. The number of piperidine rings is 1. The average molecular weight is 581 g/mol. The Morgan fingerprint density at radius 3 is 2.35 bits per heavy atom. The zero-order chi connectivity index (χ0) is 29.9. The van der Waals surface area contributed by atoms with Gasteiger partial charge in [-0.3, -0.25) is 9.69 Å². The smallest absolute Gasteiger partial charge is 0.254 e. The van der Waals surface area contributed by atoms with Crippen molar-refractivity contribution >= 4 is 16.9 Å². The molecule has 1 atom stereocenters. The van der Waals surface area contributed by atoms with Gasteiger partial charge in [-0.2, -0.15) is 0 Å². The van der Waals surface area contributed by atoms with Crippen LogP contribution in [0.3, 0.4) is 0 Å². The second-order valence-electron chi connectivity index (χ2n) is 11.9. The number of ether oxygens (including phenoxy) is 1. The third-order valence-corrected chi connectivity index (χ3v) is 8.61. The number of imidazole rings is 1. The monoisotopic (exact) mass is 580 g/mol. The van der Waals surface area contributed by atoms with Crippen LogP contribution >= 0.6 is 0 Å². The molecule has 0 radical (unpaired) electrons. The molecule has 5 rings (SSSR count). The maximum absolute atomic E-state index is 14.3. The molecule has 0 saturated carbocycles. The minimum atomic E-state index is -0.223. The van der Waals surface area contributed by atoms with Crippen molar-refractivity contribution in [1.29, 1.82) is 0 Å². The third-order valence-electron chi connectivity index (χ3n) is 8.61. The van der Waals surface area contributed by atoms with Gasteiger partial charge in [-0.25, -0.2) is 4.98 Å². The third kappa shape index (κ3) is 8.26. The summed E-state index contributed by atoms with van der Waals surface area (Å²) in [5.41, 5.74) is 5.23. The summed E-state index contributed by atoms with van der Waals surface area (Å²) >= 11 is 0. The molecule has 0 bridgehead atoms. The zero-order valence-corrected chi connectivity index (χ0v) is 26.1. The standard InChI is InChI=1S/C37H48N4O2/c1-3-5-14-26-43-32-21-19-29(20-22-32)37(42)41(25-6-4-2)35(36-38-33-17-10-11-18-34(33)39-36)27-30-15-8-9-16-31(30)28-40-23-12-7-13-24-40/h8-11,15-22,35H,3-7,12-14,23-28H2,1-2H3,(H,38,39). The summed E-state index contributed by atoms with van der Waals surface area (Å²) in [6.45, 7) is 9.00. The Bertz CT molecular complexity index is 1390. The Morgan fingerprint density at radius 1 is 0.884 bits per heavy atom. The number of carbonyl (C=O) groups is 1. The summed E-state index contributed by atoms with van der Waals surface area (Å²) in [7, 11) is 0. The van der Waals surface area contributed by atoms with Crippen LogP contribution in [0.5, 0.6) is 5.75 Å². The quantitative estimate of drug-likeness (QED) is 0.144. The molecule has 0 aliphatic carbocycles. The maximum Gasteiger partial charge on any atom is 0.254 e. The van der Waals surface area contributed by atoms with Gasteiger partial charge < -0.3 is 14.6 Å². The Labute approximate surface area is 257 Å². The Hall–Kier alpha value is -3.64. The molecule has 1 amide bonds. The summed E-state index contributed by atoms with van der Waals surface area (Å²) in [4.78, 5) is 27.6. The second-order valence-corrected chi connectivity index (χ2v) is 11.9. The van der Waals surface area contributed by atoms with E-state index in [1.54, 1.807) is 0 Å². The van der Waals surface area contributed by atoms with Gasteiger partial charge in [0.1, 0.15) is 11.6 Å². The van der Waals surface area contributed by atoms with Crippen LogP contribution in [0.25, 0.3) is 11.0 Å². The molecule has 2 heterocycles. The fraction of sp³-hybridized carbons (Fsp3) is 0.459. The van der Waals surface area contributed by atoms with Crippen molar-refractivity contribution < 1.29 is 9.53 Å². The molecule has 4 aromatic rings. The molecule has 0 spiro atoms.